The van der Waals surface area contributed by atoms with Crippen LogP contribution < -0.4 is 5.32 Å². The molecule has 0 aromatic heterocycles. The first-order valence-electron chi connectivity index (χ1n) is 4.66. The standard InChI is InChI=1S/C11H11NO/c13-10-7-11(12-10)8-3-1-2-4-9(11)6-5-8/h1-6,8-9H,7H2,(H,12,13)/t8-,9-/m1/s1. The molecule has 1 N–H and O–H groups in total. The van der Waals surface area contributed by atoms with E-state index in [1.807, 2.05) is 0 Å². The highest BCUT2D eigenvalue weighted by atomic mass is 16.2. The van der Waals surface area contributed by atoms with Gasteiger partial charge in [-0.25, -0.2) is 0 Å². The molecular formula is C11H11NO. The molecule has 2 heteroatoms. The van der Waals surface area contributed by atoms with Crippen molar-refractivity contribution in [3.63, 3.8) is 0 Å². The summed E-state index contributed by atoms with van der Waals surface area (Å²) in [5.41, 5.74) is 0.000579. The van der Waals surface area contributed by atoms with Crippen LogP contribution in [0.3, 0.4) is 0 Å². The highest BCUT2D eigenvalue weighted by molar-refractivity contribution is 5.86. The summed E-state index contributed by atoms with van der Waals surface area (Å²) in [5, 5.41) is 3.06. The molecule has 1 heterocycles. The zero-order chi connectivity index (χ0) is 8.89. The van der Waals surface area contributed by atoms with E-state index in [0.29, 0.717) is 18.3 Å². The third-order valence-corrected chi connectivity index (χ3v) is 3.29. The average Bonchev–Trinajstić information content (AvgIpc) is 2.21. The number of carbonyl (C=O) groups is 1. The van der Waals surface area contributed by atoms with E-state index < -0.39 is 0 Å². The minimum Gasteiger partial charge on any atom is -0.348 e. The Bertz CT molecular complexity index is 319. The molecule has 2 aliphatic carbocycles. The summed E-state index contributed by atoms with van der Waals surface area (Å²) in [5.74, 6) is 0.970. The number of carbonyl (C=O) groups excluding carboxylic acids is 1. The van der Waals surface area contributed by atoms with Gasteiger partial charge in [-0.15, -0.1) is 0 Å². The average molecular weight is 173 g/mol. The monoisotopic (exact) mass is 173 g/mol. The number of hydrogen-bond acceptors (Lipinski definition) is 1. The lowest BCUT2D eigenvalue weighted by atomic mass is 9.72. The van der Waals surface area contributed by atoms with Crippen LogP contribution in [-0.4, -0.2) is 11.4 Å². The summed E-state index contributed by atoms with van der Waals surface area (Å²) in [6, 6.07) is 0. The normalized spacial score (nSPS) is 44.8. The predicted molar refractivity (Wildman–Crippen MR) is 49.9 cm³/mol. The number of rotatable bonds is 0. The van der Waals surface area contributed by atoms with Gasteiger partial charge in [-0.3, -0.25) is 4.79 Å². The van der Waals surface area contributed by atoms with E-state index in [1.54, 1.807) is 0 Å². The zero-order valence-corrected chi connectivity index (χ0v) is 7.23. The molecule has 66 valence electrons. The molecule has 0 aromatic rings. The van der Waals surface area contributed by atoms with Gasteiger partial charge in [0, 0.05) is 11.8 Å². The van der Waals surface area contributed by atoms with Gasteiger partial charge in [0.15, 0.2) is 0 Å². The number of nitrogens with one attached hydrogen (secondary N) is 1. The number of β-lactam (4-membered cyclic amide) rings is 1. The fraction of sp³-hybridized carbons (Fsp3) is 0.364. The second kappa shape index (κ2) is 2.13. The fourth-order valence-electron chi connectivity index (χ4n) is 2.55. The van der Waals surface area contributed by atoms with Gasteiger partial charge in [0.25, 0.3) is 0 Å². The first kappa shape index (κ1) is 7.13. The summed E-state index contributed by atoms with van der Waals surface area (Å²) in [7, 11) is 0. The van der Waals surface area contributed by atoms with Crippen LogP contribution in [0.4, 0.5) is 0 Å². The Balaban J connectivity index is 2.03. The maximum absolute atomic E-state index is 11.0. The molecule has 0 aromatic carbocycles. The van der Waals surface area contributed by atoms with Crippen LogP contribution in [-0.2, 0) is 4.79 Å². The van der Waals surface area contributed by atoms with Gasteiger partial charge in [0.1, 0.15) is 0 Å². The van der Waals surface area contributed by atoms with Crippen LogP contribution in [0.1, 0.15) is 6.42 Å². The lowest BCUT2D eigenvalue weighted by molar-refractivity contribution is -0.134. The smallest absolute Gasteiger partial charge is 0.222 e. The largest absolute Gasteiger partial charge is 0.348 e. The number of amides is 1. The van der Waals surface area contributed by atoms with Gasteiger partial charge in [0.2, 0.25) is 5.91 Å². The van der Waals surface area contributed by atoms with Gasteiger partial charge >= 0.3 is 0 Å². The van der Waals surface area contributed by atoms with Crippen molar-refractivity contribution in [3.05, 3.63) is 36.5 Å². The molecular weight excluding hydrogens is 162 g/mol. The Hall–Kier alpha value is -1.31. The Labute approximate surface area is 77.0 Å². The van der Waals surface area contributed by atoms with Gasteiger partial charge in [-0.1, -0.05) is 36.5 Å². The maximum Gasteiger partial charge on any atom is 0.222 e. The molecule has 2 nitrogen and oxygen atoms in total. The number of hydrogen-bond donors (Lipinski definition) is 1. The van der Waals surface area contributed by atoms with Crippen molar-refractivity contribution in [1.82, 2.24) is 5.32 Å². The van der Waals surface area contributed by atoms with E-state index in [1.165, 1.54) is 0 Å². The SMILES string of the molecule is O=C1CC2(N1)[C@@H]1C=CC=C[C@@H]2C=C1. The second-order valence-electron chi connectivity index (χ2n) is 3.97. The van der Waals surface area contributed by atoms with E-state index in [0.717, 1.165) is 0 Å². The topological polar surface area (TPSA) is 29.1 Å². The van der Waals surface area contributed by atoms with E-state index in [9.17, 15) is 4.79 Å². The minimum absolute atomic E-state index is 0.000579. The molecule has 2 bridgehead atoms. The molecule has 0 unspecified atom stereocenters. The minimum atomic E-state index is 0.000579. The molecule has 3 aliphatic rings. The van der Waals surface area contributed by atoms with Gasteiger partial charge in [-0.05, 0) is 0 Å². The van der Waals surface area contributed by atoms with Gasteiger partial charge in [-0.2, -0.15) is 0 Å². The second-order valence-corrected chi connectivity index (χ2v) is 3.97. The van der Waals surface area contributed by atoms with Crippen LogP contribution >= 0.6 is 0 Å². The summed E-state index contributed by atoms with van der Waals surface area (Å²) in [6.07, 6.45) is 13.5. The summed E-state index contributed by atoms with van der Waals surface area (Å²) in [6.45, 7) is 0. The molecule has 1 amide bonds. The van der Waals surface area contributed by atoms with E-state index >= 15 is 0 Å². The van der Waals surface area contributed by atoms with Crippen molar-refractivity contribution < 1.29 is 4.79 Å². The molecule has 1 aliphatic heterocycles. The molecule has 1 spiro atoms. The summed E-state index contributed by atoms with van der Waals surface area (Å²) < 4.78 is 0. The lowest BCUT2D eigenvalue weighted by Gasteiger charge is -2.46. The van der Waals surface area contributed by atoms with Crippen molar-refractivity contribution in [2.75, 3.05) is 0 Å². The van der Waals surface area contributed by atoms with E-state index in [2.05, 4.69) is 41.8 Å². The Morgan fingerprint density at radius 3 is 2.15 bits per heavy atom. The Morgan fingerprint density at radius 2 is 1.69 bits per heavy atom. The predicted octanol–water partition coefficient (Wildman–Crippen LogP) is 1.17. The third-order valence-electron chi connectivity index (χ3n) is 3.29. The first-order chi connectivity index (χ1) is 6.31. The Morgan fingerprint density at radius 1 is 1.15 bits per heavy atom. The lowest BCUT2D eigenvalue weighted by Crippen LogP contribution is -2.65. The fourth-order valence-corrected chi connectivity index (χ4v) is 2.55. The molecule has 13 heavy (non-hydrogen) atoms. The van der Waals surface area contributed by atoms with Crippen molar-refractivity contribution in [2.45, 2.75) is 12.0 Å². The maximum atomic E-state index is 11.0. The Kier molecular flexibility index (Phi) is 1.17. The van der Waals surface area contributed by atoms with E-state index in [4.69, 9.17) is 0 Å². The molecule has 0 radical (unpaired) electrons. The number of allylic oxidation sites excluding steroid dienone is 2. The molecule has 2 atom stereocenters. The van der Waals surface area contributed by atoms with Crippen molar-refractivity contribution in [1.29, 1.82) is 0 Å². The van der Waals surface area contributed by atoms with E-state index in [-0.39, 0.29) is 11.4 Å². The van der Waals surface area contributed by atoms with Crippen LogP contribution in [0.25, 0.3) is 0 Å². The van der Waals surface area contributed by atoms with Crippen LogP contribution in [0.5, 0.6) is 0 Å². The molecule has 3 rings (SSSR count). The van der Waals surface area contributed by atoms with Crippen LogP contribution in [0.15, 0.2) is 36.5 Å². The molecule has 0 saturated carbocycles. The van der Waals surface area contributed by atoms with Gasteiger partial charge < -0.3 is 5.32 Å². The van der Waals surface area contributed by atoms with Crippen LogP contribution in [0.2, 0.25) is 0 Å². The van der Waals surface area contributed by atoms with Crippen LogP contribution in [0, 0.1) is 11.8 Å². The summed E-state index contributed by atoms with van der Waals surface area (Å²) in [4.78, 5) is 11.0. The van der Waals surface area contributed by atoms with Gasteiger partial charge in [0.05, 0.1) is 12.0 Å². The molecule has 1 fully saturated rings. The zero-order valence-electron chi connectivity index (χ0n) is 7.23. The van der Waals surface area contributed by atoms with Crippen molar-refractivity contribution >= 4 is 5.91 Å². The molecule has 1 saturated heterocycles. The quantitative estimate of drug-likeness (QED) is 0.432. The highest BCUT2D eigenvalue weighted by Gasteiger charge is 2.53. The highest BCUT2D eigenvalue weighted by Crippen LogP contribution is 2.44. The third kappa shape index (κ3) is 0.755. The van der Waals surface area contributed by atoms with Crippen molar-refractivity contribution in [3.8, 4) is 0 Å². The first-order valence-corrected chi connectivity index (χ1v) is 4.66. The van der Waals surface area contributed by atoms with Crippen molar-refractivity contribution in [2.24, 2.45) is 11.8 Å². The summed E-state index contributed by atoms with van der Waals surface area (Å²) >= 11 is 0.